The van der Waals surface area contributed by atoms with Crippen LogP contribution in [0.25, 0.3) is 61.6 Å². The largest absolute Gasteiger partial charge is 0.459 e. The molecular formula is C55H39NO. The molecule has 1 aromatic heterocycles. The maximum Gasteiger partial charge on any atom is 0.135 e. The summed E-state index contributed by atoms with van der Waals surface area (Å²) in [5, 5.41) is 3.62. The maximum absolute atomic E-state index is 7.02. The van der Waals surface area contributed by atoms with E-state index in [9.17, 15) is 0 Å². The number of hydrogen-bond acceptors (Lipinski definition) is 2. The molecule has 0 N–H and O–H groups in total. The molecule has 270 valence electrons. The molecule has 0 bridgehead atoms. The summed E-state index contributed by atoms with van der Waals surface area (Å²) in [4.78, 5) is 5.46. The summed E-state index contributed by atoms with van der Waals surface area (Å²) in [6, 6.07) is 61.2. The number of aliphatic imine (C=N–C) groups is 1. The lowest BCUT2D eigenvalue weighted by molar-refractivity contribution is 0.507. The normalized spacial score (nSPS) is 14.8. The Hall–Kier alpha value is -7.03. The highest BCUT2D eigenvalue weighted by Crippen LogP contribution is 2.64. The lowest BCUT2D eigenvalue weighted by Gasteiger charge is -2.28. The Kier molecular flexibility index (Phi) is 7.62. The van der Waals surface area contributed by atoms with Crippen LogP contribution >= 0.6 is 0 Å². The van der Waals surface area contributed by atoms with Crippen molar-refractivity contribution in [3.05, 3.63) is 232 Å². The number of rotatable bonds is 6. The predicted molar refractivity (Wildman–Crippen MR) is 237 cm³/mol. The van der Waals surface area contributed by atoms with Crippen LogP contribution in [0.15, 0.2) is 198 Å². The quantitative estimate of drug-likeness (QED) is 0.156. The third-order valence-electron chi connectivity index (χ3n) is 12.3. The minimum Gasteiger partial charge on any atom is -0.459 e. The molecule has 11 rings (SSSR count). The summed E-state index contributed by atoms with van der Waals surface area (Å²) < 4.78 is 7.02. The molecule has 2 nitrogen and oxygen atoms in total. The summed E-state index contributed by atoms with van der Waals surface area (Å²) >= 11 is 0. The molecule has 0 atom stereocenters. The zero-order chi connectivity index (χ0) is 38.1. The number of allylic oxidation sites excluding steroid dienone is 3. The Morgan fingerprint density at radius 2 is 1.32 bits per heavy atom. The fourth-order valence-electron chi connectivity index (χ4n) is 9.80. The van der Waals surface area contributed by atoms with E-state index in [4.69, 9.17) is 9.41 Å². The lowest BCUT2D eigenvalue weighted by atomic mass is 9.72. The molecule has 0 amide bonds. The van der Waals surface area contributed by atoms with Gasteiger partial charge in [-0.2, -0.15) is 0 Å². The van der Waals surface area contributed by atoms with Crippen LogP contribution in [-0.2, 0) is 5.41 Å². The van der Waals surface area contributed by atoms with E-state index in [1.165, 1.54) is 55.0 Å². The molecule has 57 heavy (non-hydrogen) atoms. The van der Waals surface area contributed by atoms with E-state index >= 15 is 0 Å². The van der Waals surface area contributed by atoms with E-state index in [0.29, 0.717) is 0 Å². The molecular weight excluding hydrogens is 691 g/mol. The van der Waals surface area contributed by atoms with Crippen molar-refractivity contribution < 1.29 is 4.42 Å². The van der Waals surface area contributed by atoms with E-state index in [1.54, 1.807) is 0 Å². The van der Waals surface area contributed by atoms with Gasteiger partial charge in [-0.05, 0) is 110 Å². The van der Waals surface area contributed by atoms with Crippen molar-refractivity contribution in [2.75, 3.05) is 0 Å². The molecule has 0 unspecified atom stereocenters. The van der Waals surface area contributed by atoms with E-state index in [-0.39, 0.29) is 0 Å². The Morgan fingerprint density at radius 3 is 2.12 bits per heavy atom. The fourth-order valence-corrected chi connectivity index (χ4v) is 9.80. The molecule has 0 radical (unpaired) electrons. The first-order valence-corrected chi connectivity index (χ1v) is 19.9. The minimum atomic E-state index is -0.598. The van der Waals surface area contributed by atoms with Gasteiger partial charge in [0.1, 0.15) is 16.8 Å². The molecule has 0 fully saturated rings. The maximum atomic E-state index is 7.02. The molecule has 0 saturated heterocycles. The molecule has 3 aliphatic carbocycles. The van der Waals surface area contributed by atoms with Crippen molar-refractivity contribution in [2.24, 2.45) is 4.99 Å². The average molecular weight is 730 g/mol. The van der Waals surface area contributed by atoms with Gasteiger partial charge in [-0.1, -0.05) is 170 Å². The molecule has 8 aromatic rings. The van der Waals surface area contributed by atoms with Crippen molar-refractivity contribution in [2.45, 2.75) is 25.2 Å². The van der Waals surface area contributed by atoms with Gasteiger partial charge in [0.05, 0.1) is 11.4 Å². The number of para-hydroxylation sites is 1. The minimum absolute atomic E-state index is 0.598. The first-order valence-electron chi connectivity index (χ1n) is 19.9. The molecule has 2 heteroatoms. The van der Waals surface area contributed by atoms with Crippen LogP contribution in [0.1, 0.15) is 53.3 Å². The first kappa shape index (κ1) is 33.3. The summed E-state index contributed by atoms with van der Waals surface area (Å²) in [5.41, 5.74) is 17.5. The number of benzene rings is 7. The fraction of sp³-hybridized carbons (Fsp3) is 0.0727. The highest BCUT2D eigenvalue weighted by molar-refractivity contribution is 6.16. The molecule has 1 spiro atoms. The zero-order valence-corrected chi connectivity index (χ0v) is 31.8. The van der Waals surface area contributed by atoms with Crippen LogP contribution in [0.4, 0.5) is 0 Å². The number of nitrogens with zero attached hydrogens (tertiary/aromatic N) is 1. The van der Waals surface area contributed by atoms with Crippen molar-refractivity contribution in [3.8, 4) is 33.4 Å². The van der Waals surface area contributed by atoms with Gasteiger partial charge >= 0.3 is 0 Å². The van der Waals surface area contributed by atoms with Crippen LogP contribution < -0.4 is 10.4 Å². The monoisotopic (exact) mass is 729 g/mol. The van der Waals surface area contributed by atoms with Gasteiger partial charge in [0.2, 0.25) is 0 Å². The van der Waals surface area contributed by atoms with Crippen LogP contribution in [0, 0.1) is 0 Å². The average Bonchev–Trinajstić information content (AvgIpc) is 3.90. The van der Waals surface area contributed by atoms with Crippen molar-refractivity contribution in [3.63, 3.8) is 0 Å². The van der Waals surface area contributed by atoms with Crippen LogP contribution in [0.5, 0.6) is 0 Å². The predicted octanol–water partition coefficient (Wildman–Crippen LogP) is 12.3. The van der Waals surface area contributed by atoms with E-state index in [2.05, 4.69) is 196 Å². The Morgan fingerprint density at radius 1 is 0.649 bits per heavy atom. The first-order chi connectivity index (χ1) is 28.1. The second kappa shape index (κ2) is 13.0. The number of fused-ring (bicyclic) bond motifs is 13. The summed E-state index contributed by atoms with van der Waals surface area (Å²) in [5.74, 6) is 1.00. The second-order valence-corrected chi connectivity index (χ2v) is 15.4. The summed E-state index contributed by atoms with van der Waals surface area (Å²) in [6.07, 6.45) is 6.44. The zero-order valence-electron chi connectivity index (χ0n) is 31.8. The molecule has 0 saturated carbocycles. The number of furan rings is 1. The highest BCUT2D eigenvalue weighted by atomic mass is 16.3. The summed E-state index contributed by atoms with van der Waals surface area (Å²) in [6.45, 7) is 6.80. The second-order valence-electron chi connectivity index (χ2n) is 15.4. The smallest absolute Gasteiger partial charge is 0.135 e. The van der Waals surface area contributed by atoms with Gasteiger partial charge in [-0.15, -0.1) is 0 Å². The van der Waals surface area contributed by atoms with Gasteiger partial charge in [-0.3, -0.25) is 0 Å². The van der Waals surface area contributed by atoms with Crippen molar-refractivity contribution in [1.82, 2.24) is 0 Å². The van der Waals surface area contributed by atoms with E-state index < -0.39 is 5.41 Å². The lowest BCUT2D eigenvalue weighted by Crippen LogP contribution is -2.29. The van der Waals surface area contributed by atoms with Crippen molar-refractivity contribution >= 4 is 33.9 Å². The summed E-state index contributed by atoms with van der Waals surface area (Å²) in [7, 11) is 0. The standard InChI is InChI=1S/C55H39NO/c1-35(37-17-4-3-5-18-37)33-51(56-36(2)40-27-16-20-38-19-6-7-21-41(38)40)45-25-9-8-22-42(45)39-31-32-46-50(34-39)55(54-53(46)47-26-12-15-30-52(47)57-54)48-28-13-10-23-43(48)44-24-11-14-29-49(44)55/h3-15,17-26,28-34H,2,16,27H2,1H3/b35-33+,56-51?. The highest BCUT2D eigenvalue weighted by Gasteiger charge is 2.55. The van der Waals surface area contributed by atoms with Crippen LogP contribution in [0.2, 0.25) is 0 Å². The van der Waals surface area contributed by atoms with Gasteiger partial charge in [0.15, 0.2) is 0 Å². The van der Waals surface area contributed by atoms with E-state index in [1.807, 2.05) is 0 Å². The van der Waals surface area contributed by atoms with Gasteiger partial charge < -0.3 is 4.42 Å². The SMILES string of the molecule is C=C(N=C(/C=C(\C)c1ccccc1)c1ccccc1-c1ccc2c(c1)C1(c3ccccc3-c3ccccc31)c1oc3ccccc3c1-2)C1=c2ccccc2=CCC1. The third kappa shape index (κ3) is 5.00. The van der Waals surface area contributed by atoms with Gasteiger partial charge in [0.25, 0.3) is 0 Å². The topological polar surface area (TPSA) is 25.5 Å². The Labute approximate surface area is 332 Å². The Balaban J connectivity index is 1.15. The van der Waals surface area contributed by atoms with Crippen molar-refractivity contribution in [1.29, 1.82) is 0 Å². The van der Waals surface area contributed by atoms with Gasteiger partial charge in [0, 0.05) is 16.5 Å². The number of hydrogen-bond donors (Lipinski definition) is 0. The third-order valence-corrected chi connectivity index (χ3v) is 12.3. The van der Waals surface area contributed by atoms with Crippen LogP contribution in [-0.4, -0.2) is 5.71 Å². The molecule has 3 aliphatic rings. The van der Waals surface area contributed by atoms with E-state index in [0.717, 1.165) is 68.8 Å². The molecule has 0 aliphatic heterocycles. The van der Waals surface area contributed by atoms with Crippen LogP contribution in [0.3, 0.4) is 0 Å². The molecule has 1 heterocycles. The Bertz CT molecular complexity index is 3110. The van der Waals surface area contributed by atoms with Gasteiger partial charge in [-0.25, -0.2) is 4.99 Å². The molecule has 7 aromatic carbocycles.